The van der Waals surface area contributed by atoms with Crippen LogP contribution in [0.1, 0.15) is 30.1 Å². The van der Waals surface area contributed by atoms with Crippen LogP contribution < -0.4 is 0 Å². The second kappa shape index (κ2) is 6.37. The van der Waals surface area contributed by atoms with Crippen molar-refractivity contribution in [1.82, 2.24) is 5.06 Å². The smallest absolute Gasteiger partial charge is 0.245 e. The van der Waals surface area contributed by atoms with Crippen molar-refractivity contribution in [2.75, 3.05) is 14.2 Å². The second-order valence-corrected chi connectivity index (χ2v) is 3.98. The lowest BCUT2D eigenvalue weighted by Gasteiger charge is -2.16. The fraction of sp³-hybridized carbons (Fsp3) is 0.462. The number of benzene rings is 1. The van der Waals surface area contributed by atoms with Crippen LogP contribution in [0, 0.1) is 6.92 Å². The molecule has 94 valence electrons. The Bertz CT molecular complexity index is 379. The van der Waals surface area contributed by atoms with Crippen molar-refractivity contribution in [2.45, 2.75) is 25.9 Å². The Morgan fingerprint density at radius 3 is 2.71 bits per heavy atom. The number of hydrogen-bond donors (Lipinski definition) is 1. The fourth-order valence-corrected chi connectivity index (χ4v) is 1.64. The molecule has 1 rings (SSSR count). The zero-order valence-electron chi connectivity index (χ0n) is 10.5. The van der Waals surface area contributed by atoms with Crippen molar-refractivity contribution in [3.63, 3.8) is 0 Å². The molecule has 0 heterocycles. The molecule has 0 aliphatic heterocycles. The van der Waals surface area contributed by atoms with Crippen molar-refractivity contribution in [2.24, 2.45) is 0 Å². The van der Waals surface area contributed by atoms with Gasteiger partial charge in [-0.3, -0.25) is 9.63 Å². The molecule has 0 aromatic heterocycles. The Morgan fingerprint density at radius 1 is 1.47 bits per heavy atom. The van der Waals surface area contributed by atoms with Gasteiger partial charge in [-0.1, -0.05) is 24.3 Å². The van der Waals surface area contributed by atoms with Gasteiger partial charge < -0.3 is 5.11 Å². The van der Waals surface area contributed by atoms with E-state index < -0.39 is 6.10 Å². The molecule has 1 N–H and O–H groups in total. The number of aliphatic hydroxyl groups is 1. The maximum Gasteiger partial charge on any atom is 0.245 e. The number of aliphatic hydroxyl groups excluding tert-OH is 1. The lowest BCUT2D eigenvalue weighted by molar-refractivity contribution is -0.169. The van der Waals surface area contributed by atoms with Gasteiger partial charge in [-0.2, -0.15) is 0 Å². The normalized spacial score (nSPS) is 12.2. The molecule has 17 heavy (non-hydrogen) atoms. The molecule has 0 bridgehead atoms. The predicted octanol–water partition coefficient (Wildman–Crippen LogP) is 1.83. The lowest BCUT2D eigenvalue weighted by atomic mass is 10.00. The highest BCUT2D eigenvalue weighted by Crippen LogP contribution is 2.21. The lowest BCUT2D eigenvalue weighted by Crippen LogP contribution is -2.25. The van der Waals surface area contributed by atoms with Crippen LogP contribution in [0.2, 0.25) is 0 Å². The fourth-order valence-electron chi connectivity index (χ4n) is 1.64. The van der Waals surface area contributed by atoms with Gasteiger partial charge in [0.2, 0.25) is 5.91 Å². The Labute approximate surface area is 102 Å². The van der Waals surface area contributed by atoms with E-state index in [-0.39, 0.29) is 12.3 Å². The van der Waals surface area contributed by atoms with Gasteiger partial charge >= 0.3 is 0 Å². The topological polar surface area (TPSA) is 49.8 Å². The van der Waals surface area contributed by atoms with Crippen LogP contribution in [0.15, 0.2) is 24.3 Å². The SMILES string of the molecule is CON(C)C(=O)CCC(O)c1ccccc1C. The molecule has 4 heteroatoms. The second-order valence-electron chi connectivity index (χ2n) is 3.98. The van der Waals surface area contributed by atoms with E-state index in [1.54, 1.807) is 7.05 Å². The molecule has 0 aliphatic rings. The molecular formula is C13H19NO3. The van der Waals surface area contributed by atoms with Gasteiger partial charge in [0, 0.05) is 13.5 Å². The van der Waals surface area contributed by atoms with E-state index in [4.69, 9.17) is 4.84 Å². The summed E-state index contributed by atoms with van der Waals surface area (Å²) in [6.07, 6.45) is 0.0578. The third-order valence-electron chi connectivity index (χ3n) is 2.80. The number of carbonyl (C=O) groups is 1. The highest BCUT2D eigenvalue weighted by molar-refractivity contribution is 5.74. The van der Waals surface area contributed by atoms with Crippen LogP contribution in [0.4, 0.5) is 0 Å². The van der Waals surface area contributed by atoms with Crippen LogP contribution in [0.3, 0.4) is 0 Å². The molecule has 1 unspecified atom stereocenters. The van der Waals surface area contributed by atoms with E-state index in [0.29, 0.717) is 6.42 Å². The van der Waals surface area contributed by atoms with Crippen molar-refractivity contribution < 1.29 is 14.7 Å². The zero-order valence-corrected chi connectivity index (χ0v) is 10.5. The van der Waals surface area contributed by atoms with Gasteiger partial charge in [0.15, 0.2) is 0 Å². The summed E-state index contributed by atoms with van der Waals surface area (Å²) in [5.74, 6) is -0.139. The van der Waals surface area contributed by atoms with E-state index >= 15 is 0 Å². The predicted molar refractivity (Wildman–Crippen MR) is 65.2 cm³/mol. The van der Waals surface area contributed by atoms with E-state index in [1.807, 2.05) is 31.2 Å². The molecule has 1 aromatic carbocycles. The highest BCUT2D eigenvalue weighted by Gasteiger charge is 2.14. The third kappa shape index (κ3) is 3.84. The maximum atomic E-state index is 11.5. The van der Waals surface area contributed by atoms with Crippen molar-refractivity contribution >= 4 is 5.91 Å². The molecule has 0 aliphatic carbocycles. The van der Waals surface area contributed by atoms with Crippen LogP contribution >= 0.6 is 0 Å². The Balaban J connectivity index is 2.53. The average molecular weight is 237 g/mol. The third-order valence-corrected chi connectivity index (χ3v) is 2.80. The number of carbonyl (C=O) groups excluding carboxylic acids is 1. The summed E-state index contributed by atoms with van der Waals surface area (Å²) in [5.41, 5.74) is 1.91. The number of amides is 1. The molecule has 0 saturated heterocycles. The minimum Gasteiger partial charge on any atom is -0.388 e. The maximum absolute atomic E-state index is 11.5. The van der Waals surface area contributed by atoms with E-state index in [0.717, 1.165) is 11.1 Å². The summed E-state index contributed by atoms with van der Waals surface area (Å²) >= 11 is 0. The Morgan fingerprint density at radius 2 is 2.12 bits per heavy atom. The first-order chi connectivity index (χ1) is 8.06. The highest BCUT2D eigenvalue weighted by atomic mass is 16.7. The molecule has 0 saturated carbocycles. The van der Waals surface area contributed by atoms with Crippen molar-refractivity contribution in [3.05, 3.63) is 35.4 Å². The molecule has 1 aromatic rings. The van der Waals surface area contributed by atoms with Crippen LogP contribution in [0.5, 0.6) is 0 Å². The molecule has 0 radical (unpaired) electrons. The van der Waals surface area contributed by atoms with E-state index in [2.05, 4.69) is 0 Å². The van der Waals surface area contributed by atoms with Crippen LogP contribution in [0.25, 0.3) is 0 Å². The average Bonchev–Trinajstić information content (AvgIpc) is 2.35. The summed E-state index contributed by atoms with van der Waals surface area (Å²) in [5, 5.41) is 11.2. The summed E-state index contributed by atoms with van der Waals surface area (Å²) in [6, 6.07) is 7.64. The Kier molecular flexibility index (Phi) is 5.12. The van der Waals surface area contributed by atoms with E-state index in [9.17, 15) is 9.90 Å². The first-order valence-electron chi connectivity index (χ1n) is 5.60. The van der Waals surface area contributed by atoms with E-state index in [1.165, 1.54) is 12.2 Å². The van der Waals surface area contributed by atoms with Gasteiger partial charge in [-0.15, -0.1) is 0 Å². The monoisotopic (exact) mass is 237 g/mol. The van der Waals surface area contributed by atoms with Gasteiger partial charge in [-0.25, -0.2) is 5.06 Å². The van der Waals surface area contributed by atoms with Gasteiger partial charge in [0.1, 0.15) is 0 Å². The number of nitrogens with zero attached hydrogens (tertiary/aromatic N) is 1. The first-order valence-corrected chi connectivity index (χ1v) is 5.60. The summed E-state index contributed by atoms with van der Waals surface area (Å²) in [7, 11) is 3.00. The Hall–Kier alpha value is -1.39. The molecule has 0 spiro atoms. The minimum atomic E-state index is -0.606. The molecule has 0 fully saturated rings. The minimum absolute atomic E-state index is 0.139. The number of hydroxylamine groups is 2. The number of rotatable bonds is 5. The molecular weight excluding hydrogens is 218 g/mol. The van der Waals surface area contributed by atoms with Crippen molar-refractivity contribution in [1.29, 1.82) is 0 Å². The summed E-state index contributed by atoms with van der Waals surface area (Å²) < 4.78 is 0. The quantitative estimate of drug-likeness (QED) is 0.795. The molecule has 4 nitrogen and oxygen atoms in total. The number of hydrogen-bond acceptors (Lipinski definition) is 3. The van der Waals surface area contributed by atoms with Crippen molar-refractivity contribution in [3.8, 4) is 0 Å². The zero-order chi connectivity index (χ0) is 12.8. The molecule has 1 amide bonds. The molecule has 1 atom stereocenters. The summed E-state index contributed by atoms with van der Waals surface area (Å²) in [6.45, 7) is 1.95. The standard InChI is InChI=1S/C13H19NO3/c1-10-6-4-5-7-11(10)12(15)8-9-13(16)14(2)17-3/h4-7,12,15H,8-9H2,1-3H3. The van der Waals surface area contributed by atoms with Crippen LogP contribution in [-0.2, 0) is 9.63 Å². The van der Waals surface area contributed by atoms with Gasteiger partial charge in [0.25, 0.3) is 0 Å². The van der Waals surface area contributed by atoms with Gasteiger partial charge in [-0.05, 0) is 24.5 Å². The number of aryl methyl sites for hydroxylation is 1. The van der Waals surface area contributed by atoms with Crippen LogP contribution in [-0.4, -0.2) is 30.2 Å². The summed E-state index contributed by atoms with van der Waals surface area (Å²) in [4.78, 5) is 16.3. The first kappa shape index (κ1) is 13.7. The largest absolute Gasteiger partial charge is 0.388 e. The van der Waals surface area contributed by atoms with Gasteiger partial charge in [0.05, 0.1) is 13.2 Å².